The van der Waals surface area contributed by atoms with Crippen LogP contribution in [0.25, 0.3) is 0 Å². The molecular formula is C14H18BrN3. The van der Waals surface area contributed by atoms with Gasteiger partial charge in [0, 0.05) is 10.2 Å². The highest BCUT2D eigenvalue weighted by atomic mass is 79.9. The average molecular weight is 308 g/mol. The van der Waals surface area contributed by atoms with E-state index in [1.54, 1.807) is 0 Å². The van der Waals surface area contributed by atoms with Crippen molar-refractivity contribution in [2.75, 3.05) is 11.4 Å². The Hall–Kier alpha value is -1.03. The van der Waals surface area contributed by atoms with Crippen molar-refractivity contribution in [2.45, 2.75) is 32.2 Å². The summed E-state index contributed by atoms with van der Waals surface area (Å²) < 4.78 is 1.07. The summed E-state index contributed by atoms with van der Waals surface area (Å²) in [6.07, 6.45) is 2.52. The molecule has 0 amide bonds. The fraction of sp³-hybridized carbons (Fsp3) is 0.500. The zero-order valence-corrected chi connectivity index (χ0v) is 12.4. The van der Waals surface area contributed by atoms with Crippen LogP contribution in [0.15, 0.2) is 33.7 Å². The molecule has 0 aromatic heterocycles. The quantitative estimate of drug-likeness (QED) is 0.912. The van der Waals surface area contributed by atoms with E-state index in [4.69, 9.17) is 5.73 Å². The summed E-state index contributed by atoms with van der Waals surface area (Å²) in [5.41, 5.74) is 7.59. The molecule has 1 aliphatic carbocycles. The normalized spacial score (nSPS) is 29.3. The van der Waals surface area contributed by atoms with Gasteiger partial charge in [-0.15, -0.1) is 0 Å². The third-order valence-electron chi connectivity index (χ3n) is 4.64. The summed E-state index contributed by atoms with van der Waals surface area (Å²) in [6.45, 7) is 5.41. The summed E-state index contributed by atoms with van der Waals surface area (Å²) in [6, 6.07) is 8.28. The van der Waals surface area contributed by atoms with Gasteiger partial charge in [-0.25, -0.2) is 0 Å². The zero-order chi connectivity index (χ0) is 13.0. The number of aliphatic imine (C=N–C) groups is 1. The number of hydrogen-bond acceptors (Lipinski definition) is 3. The van der Waals surface area contributed by atoms with E-state index in [9.17, 15) is 0 Å². The number of hydrogen-bond donors (Lipinski definition) is 1. The van der Waals surface area contributed by atoms with Crippen molar-refractivity contribution in [1.82, 2.24) is 0 Å². The summed E-state index contributed by atoms with van der Waals surface area (Å²) in [5, 5.41) is 0. The molecule has 0 bridgehead atoms. The summed E-state index contributed by atoms with van der Waals surface area (Å²) in [4.78, 5) is 6.70. The van der Waals surface area contributed by atoms with Crippen molar-refractivity contribution in [1.29, 1.82) is 0 Å². The van der Waals surface area contributed by atoms with E-state index in [0.29, 0.717) is 11.4 Å². The molecule has 1 saturated carbocycles. The highest BCUT2D eigenvalue weighted by Crippen LogP contribution is 2.57. The molecule has 96 valence electrons. The van der Waals surface area contributed by atoms with E-state index in [1.165, 1.54) is 12.8 Å². The molecule has 3 rings (SSSR count). The number of nitrogens with two attached hydrogens (primary N) is 1. The van der Waals surface area contributed by atoms with Gasteiger partial charge in [0.25, 0.3) is 0 Å². The van der Waals surface area contributed by atoms with Crippen molar-refractivity contribution in [3.05, 3.63) is 28.7 Å². The molecule has 1 heterocycles. The minimum atomic E-state index is 0.0118. The fourth-order valence-corrected chi connectivity index (χ4v) is 3.24. The van der Waals surface area contributed by atoms with Crippen LogP contribution in [0, 0.1) is 5.41 Å². The molecule has 1 aromatic rings. The van der Waals surface area contributed by atoms with E-state index in [0.717, 1.165) is 16.7 Å². The lowest BCUT2D eigenvalue weighted by Gasteiger charge is -2.41. The Morgan fingerprint density at radius 3 is 2.67 bits per heavy atom. The van der Waals surface area contributed by atoms with E-state index in [2.05, 4.69) is 51.8 Å². The molecule has 1 aromatic carbocycles. The molecule has 1 aliphatic heterocycles. The second-order valence-electron chi connectivity index (χ2n) is 5.82. The third kappa shape index (κ3) is 1.58. The predicted octanol–water partition coefficient (Wildman–Crippen LogP) is 3.14. The van der Waals surface area contributed by atoms with E-state index < -0.39 is 0 Å². The van der Waals surface area contributed by atoms with Crippen LogP contribution >= 0.6 is 15.9 Å². The van der Waals surface area contributed by atoms with E-state index in [-0.39, 0.29) is 5.54 Å². The third-order valence-corrected chi connectivity index (χ3v) is 5.13. The first-order valence-electron chi connectivity index (χ1n) is 6.32. The van der Waals surface area contributed by atoms with Crippen molar-refractivity contribution >= 4 is 27.6 Å². The monoisotopic (exact) mass is 307 g/mol. The van der Waals surface area contributed by atoms with E-state index >= 15 is 0 Å². The zero-order valence-electron chi connectivity index (χ0n) is 10.8. The Bertz CT molecular complexity index is 522. The second kappa shape index (κ2) is 3.73. The Kier molecular flexibility index (Phi) is 2.49. The van der Waals surface area contributed by atoms with Crippen LogP contribution in [-0.4, -0.2) is 18.0 Å². The van der Waals surface area contributed by atoms with Gasteiger partial charge in [-0.3, -0.25) is 4.99 Å². The Balaban J connectivity index is 2.05. The largest absolute Gasteiger partial charge is 0.369 e. The number of guanidine groups is 1. The van der Waals surface area contributed by atoms with Gasteiger partial charge in [-0.1, -0.05) is 28.9 Å². The smallest absolute Gasteiger partial charge is 0.196 e. The van der Waals surface area contributed by atoms with Crippen LogP contribution in [-0.2, 0) is 0 Å². The van der Waals surface area contributed by atoms with Crippen LogP contribution in [0.4, 0.5) is 5.69 Å². The second-order valence-corrected chi connectivity index (χ2v) is 6.74. The van der Waals surface area contributed by atoms with Crippen LogP contribution in [0.3, 0.4) is 0 Å². The predicted molar refractivity (Wildman–Crippen MR) is 78.9 cm³/mol. The molecule has 0 saturated heterocycles. The molecule has 18 heavy (non-hydrogen) atoms. The average Bonchev–Trinajstić information content (AvgIpc) is 2.99. The number of benzene rings is 1. The Labute approximate surface area is 116 Å². The van der Waals surface area contributed by atoms with Crippen LogP contribution in [0.2, 0.25) is 0 Å². The molecule has 2 aliphatic rings. The summed E-state index contributed by atoms with van der Waals surface area (Å²) >= 11 is 3.53. The van der Waals surface area contributed by atoms with Gasteiger partial charge in [-0.2, -0.15) is 0 Å². The SMILES string of the molecule is CC1(C2(C)CN=C(N)N2c2cccc(Br)c2)CC1. The number of nitrogens with zero attached hydrogens (tertiary/aromatic N) is 2. The first-order chi connectivity index (χ1) is 8.46. The topological polar surface area (TPSA) is 41.6 Å². The maximum atomic E-state index is 6.12. The number of halogens is 1. The lowest BCUT2D eigenvalue weighted by Crippen LogP contribution is -2.55. The van der Waals surface area contributed by atoms with Gasteiger partial charge in [-0.05, 0) is 43.4 Å². The molecule has 3 nitrogen and oxygen atoms in total. The van der Waals surface area contributed by atoms with Gasteiger partial charge in [0.2, 0.25) is 0 Å². The molecule has 1 atom stereocenters. The highest BCUT2D eigenvalue weighted by Gasteiger charge is 2.58. The summed E-state index contributed by atoms with van der Waals surface area (Å²) in [5.74, 6) is 0.642. The van der Waals surface area contributed by atoms with Crippen LogP contribution in [0.1, 0.15) is 26.7 Å². The molecule has 1 fully saturated rings. The van der Waals surface area contributed by atoms with Crippen molar-refractivity contribution < 1.29 is 0 Å². The molecule has 2 N–H and O–H groups in total. The van der Waals surface area contributed by atoms with Crippen molar-refractivity contribution in [2.24, 2.45) is 16.1 Å². The molecule has 0 spiro atoms. The Morgan fingerprint density at radius 1 is 1.33 bits per heavy atom. The van der Waals surface area contributed by atoms with Gasteiger partial charge in [0.1, 0.15) is 0 Å². The lowest BCUT2D eigenvalue weighted by atomic mass is 9.82. The summed E-state index contributed by atoms with van der Waals surface area (Å²) in [7, 11) is 0. The van der Waals surface area contributed by atoms with Gasteiger partial charge < -0.3 is 10.6 Å². The van der Waals surface area contributed by atoms with Gasteiger partial charge in [0.05, 0.1) is 12.1 Å². The van der Waals surface area contributed by atoms with Gasteiger partial charge >= 0.3 is 0 Å². The first-order valence-corrected chi connectivity index (χ1v) is 7.11. The minimum absolute atomic E-state index is 0.0118. The minimum Gasteiger partial charge on any atom is -0.369 e. The van der Waals surface area contributed by atoms with Crippen molar-refractivity contribution in [3.8, 4) is 0 Å². The standard InChI is InChI=1S/C14H18BrN3/c1-13(6-7-13)14(2)9-17-12(16)18(14)11-5-3-4-10(15)8-11/h3-5,8H,6-7,9H2,1-2H3,(H2,16,17). The lowest BCUT2D eigenvalue weighted by molar-refractivity contribution is 0.318. The first kappa shape index (κ1) is 12.0. The number of rotatable bonds is 2. The van der Waals surface area contributed by atoms with Gasteiger partial charge in [0.15, 0.2) is 5.96 Å². The van der Waals surface area contributed by atoms with Crippen molar-refractivity contribution in [3.63, 3.8) is 0 Å². The van der Waals surface area contributed by atoms with Crippen LogP contribution in [0.5, 0.6) is 0 Å². The maximum absolute atomic E-state index is 6.12. The molecule has 1 unspecified atom stereocenters. The highest BCUT2D eigenvalue weighted by molar-refractivity contribution is 9.10. The van der Waals surface area contributed by atoms with E-state index in [1.807, 2.05) is 12.1 Å². The molecular weight excluding hydrogens is 290 g/mol. The van der Waals surface area contributed by atoms with Crippen LogP contribution < -0.4 is 10.6 Å². The Morgan fingerprint density at radius 2 is 2.06 bits per heavy atom. The maximum Gasteiger partial charge on any atom is 0.196 e. The molecule has 4 heteroatoms. The fourth-order valence-electron chi connectivity index (χ4n) is 2.85. The number of anilines is 1. The molecule has 0 radical (unpaired) electrons.